The Morgan fingerprint density at radius 3 is 2.81 bits per heavy atom. The second kappa shape index (κ2) is 4.27. The van der Waals surface area contributed by atoms with Crippen molar-refractivity contribution in [3.63, 3.8) is 0 Å². The molecule has 1 fully saturated rings. The standard InChI is InChI=1S/C11H16N2O3/c1-7-3-4-10(16-7)11(15)13(2)8-5-12-6-9(8)14/h3-4,8-9,12,14H,5-6H2,1-2H3/t8-,9-/m0/s1. The van der Waals surface area contributed by atoms with Crippen LogP contribution in [0.5, 0.6) is 0 Å². The molecule has 2 heterocycles. The number of aliphatic hydroxyl groups is 1. The fourth-order valence-corrected chi connectivity index (χ4v) is 1.92. The van der Waals surface area contributed by atoms with E-state index in [1.807, 2.05) is 0 Å². The second-order valence-electron chi connectivity index (χ2n) is 4.12. The summed E-state index contributed by atoms with van der Waals surface area (Å²) >= 11 is 0. The van der Waals surface area contributed by atoms with E-state index >= 15 is 0 Å². The van der Waals surface area contributed by atoms with Crippen molar-refractivity contribution in [2.24, 2.45) is 0 Å². The molecule has 2 N–H and O–H groups in total. The number of nitrogens with one attached hydrogen (secondary N) is 1. The van der Waals surface area contributed by atoms with Crippen LogP contribution in [0.25, 0.3) is 0 Å². The van der Waals surface area contributed by atoms with Crippen molar-refractivity contribution >= 4 is 5.91 Å². The average molecular weight is 224 g/mol. The molecule has 0 bridgehead atoms. The number of likely N-dealkylation sites (N-methyl/N-ethyl adjacent to an activating group) is 1. The molecule has 1 aromatic heterocycles. The average Bonchev–Trinajstić information content (AvgIpc) is 2.85. The van der Waals surface area contributed by atoms with Crippen LogP contribution in [0, 0.1) is 6.92 Å². The van der Waals surface area contributed by atoms with Gasteiger partial charge in [0.05, 0.1) is 12.1 Å². The lowest BCUT2D eigenvalue weighted by molar-refractivity contribution is 0.0551. The highest BCUT2D eigenvalue weighted by molar-refractivity contribution is 5.91. The molecular formula is C11H16N2O3. The van der Waals surface area contributed by atoms with Gasteiger partial charge in [-0.05, 0) is 19.1 Å². The summed E-state index contributed by atoms with van der Waals surface area (Å²) in [6.07, 6.45) is -0.509. The molecule has 2 rings (SSSR count). The molecule has 0 aliphatic carbocycles. The Labute approximate surface area is 94.0 Å². The van der Waals surface area contributed by atoms with Gasteiger partial charge in [0, 0.05) is 20.1 Å². The molecule has 0 saturated carbocycles. The SMILES string of the molecule is Cc1ccc(C(=O)N(C)[C@H]2CNC[C@@H]2O)o1. The molecule has 5 heteroatoms. The Kier molecular flexibility index (Phi) is 2.98. The first-order valence-electron chi connectivity index (χ1n) is 5.32. The fourth-order valence-electron chi connectivity index (χ4n) is 1.92. The highest BCUT2D eigenvalue weighted by Gasteiger charge is 2.32. The summed E-state index contributed by atoms with van der Waals surface area (Å²) in [4.78, 5) is 13.5. The molecule has 0 aromatic carbocycles. The van der Waals surface area contributed by atoms with Crippen LogP contribution in [-0.2, 0) is 0 Å². The van der Waals surface area contributed by atoms with Crippen LogP contribution < -0.4 is 5.32 Å². The number of carbonyl (C=O) groups excluding carboxylic acids is 1. The predicted molar refractivity (Wildman–Crippen MR) is 58.2 cm³/mol. The molecular weight excluding hydrogens is 208 g/mol. The Morgan fingerprint density at radius 2 is 2.31 bits per heavy atom. The lowest BCUT2D eigenvalue weighted by Gasteiger charge is -2.25. The monoisotopic (exact) mass is 224 g/mol. The zero-order chi connectivity index (χ0) is 11.7. The number of β-amino-alcohol motifs (C(OH)–C–C–N with tert-alkyl or cyclic N) is 1. The molecule has 2 atom stereocenters. The van der Waals surface area contributed by atoms with Crippen molar-refractivity contribution in [1.29, 1.82) is 0 Å². The highest BCUT2D eigenvalue weighted by atomic mass is 16.4. The van der Waals surface area contributed by atoms with Crippen molar-refractivity contribution in [3.8, 4) is 0 Å². The number of hydrogen-bond acceptors (Lipinski definition) is 4. The van der Waals surface area contributed by atoms with E-state index in [9.17, 15) is 9.90 Å². The molecule has 1 aromatic rings. The Bertz CT molecular complexity index is 388. The topological polar surface area (TPSA) is 65.7 Å². The van der Waals surface area contributed by atoms with E-state index in [-0.39, 0.29) is 11.9 Å². The third kappa shape index (κ3) is 1.96. The van der Waals surface area contributed by atoms with Gasteiger partial charge in [0.15, 0.2) is 5.76 Å². The third-order valence-electron chi connectivity index (χ3n) is 2.92. The summed E-state index contributed by atoms with van der Waals surface area (Å²) in [5.41, 5.74) is 0. The predicted octanol–water partition coefficient (Wildman–Crippen LogP) is -0.00728. The minimum atomic E-state index is -0.509. The molecule has 0 unspecified atom stereocenters. The summed E-state index contributed by atoms with van der Waals surface area (Å²) < 4.78 is 5.27. The number of rotatable bonds is 2. The lowest BCUT2D eigenvalue weighted by atomic mass is 10.2. The van der Waals surface area contributed by atoms with Crippen molar-refractivity contribution in [2.75, 3.05) is 20.1 Å². The van der Waals surface area contributed by atoms with Crippen LogP contribution >= 0.6 is 0 Å². The minimum Gasteiger partial charge on any atom is -0.456 e. The van der Waals surface area contributed by atoms with Crippen molar-refractivity contribution in [1.82, 2.24) is 10.2 Å². The first-order valence-corrected chi connectivity index (χ1v) is 5.32. The van der Waals surface area contributed by atoms with Gasteiger partial charge in [-0.2, -0.15) is 0 Å². The summed E-state index contributed by atoms with van der Waals surface area (Å²) in [7, 11) is 1.68. The highest BCUT2D eigenvalue weighted by Crippen LogP contribution is 2.14. The molecule has 0 spiro atoms. The maximum atomic E-state index is 12.0. The largest absolute Gasteiger partial charge is 0.456 e. The van der Waals surface area contributed by atoms with Crippen LogP contribution in [0.15, 0.2) is 16.5 Å². The Morgan fingerprint density at radius 1 is 1.56 bits per heavy atom. The summed E-state index contributed by atoms with van der Waals surface area (Å²) in [6.45, 7) is 2.94. The molecule has 16 heavy (non-hydrogen) atoms. The second-order valence-corrected chi connectivity index (χ2v) is 4.12. The number of aryl methyl sites for hydroxylation is 1. The molecule has 1 aliphatic heterocycles. The summed E-state index contributed by atoms with van der Waals surface area (Å²) in [5, 5.41) is 12.7. The summed E-state index contributed by atoms with van der Waals surface area (Å²) in [5.74, 6) is 0.835. The van der Waals surface area contributed by atoms with E-state index in [1.165, 1.54) is 4.90 Å². The normalized spacial score (nSPS) is 24.7. The number of aliphatic hydroxyl groups excluding tert-OH is 1. The van der Waals surface area contributed by atoms with E-state index in [2.05, 4.69) is 5.32 Å². The van der Waals surface area contributed by atoms with E-state index < -0.39 is 6.10 Å². The lowest BCUT2D eigenvalue weighted by Crippen LogP contribution is -2.44. The van der Waals surface area contributed by atoms with Gasteiger partial charge in [-0.1, -0.05) is 0 Å². The molecule has 1 saturated heterocycles. The van der Waals surface area contributed by atoms with Gasteiger partial charge in [-0.3, -0.25) is 4.79 Å². The van der Waals surface area contributed by atoms with Gasteiger partial charge in [0.2, 0.25) is 0 Å². The van der Waals surface area contributed by atoms with Crippen molar-refractivity contribution in [2.45, 2.75) is 19.1 Å². The number of hydrogen-bond donors (Lipinski definition) is 2. The zero-order valence-corrected chi connectivity index (χ0v) is 9.43. The van der Waals surface area contributed by atoms with Gasteiger partial charge >= 0.3 is 0 Å². The number of carbonyl (C=O) groups is 1. The number of amides is 1. The number of nitrogens with zero attached hydrogens (tertiary/aromatic N) is 1. The van der Waals surface area contributed by atoms with Crippen molar-refractivity contribution in [3.05, 3.63) is 23.7 Å². The quantitative estimate of drug-likeness (QED) is 0.741. The first kappa shape index (κ1) is 11.2. The first-order chi connectivity index (χ1) is 7.59. The molecule has 1 aliphatic rings. The Hall–Kier alpha value is -1.33. The van der Waals surface area contributed by atoms with Gasteiger partial charge < -0.3 is 19.7 Å². The zero-order valence-electron chi connectivity index (χ0n) is 9.43. The molecule has 5 nitrogen and oxygen atoms in total. The number of furan rings is 1. The van der Waals surface area contributed by atoms with Crippen LogP contribution in [-0.4, -0.2) is 48.2 Å². The van der Waals surface area contributed by atoms with Gasteiger partial charge in [0.1, 0.15) is 5.76 Å². The Balaban J connectivity index is 2.10. The maximum absolute atomic E-state index is 12.0. The van der Waals surface area contributed by atoms with Crippen LogP contribution in [0.2, 0.25) is 0 Å². The summed E-state index contributed by atoms with van der Waals surface area (Å²) in [6, 6.07) is 3.23. The van der Waals surface area contributed by atoms with E-state index in [4.69, 9.17) is 4.42 Å². The van der Waals surface area contributed by atoms with E-state index in [0.29, 0.717) is 24.6 Å². The van der Waals surface area contributed by atoms with Gasteiger partial charge in [0.25, 0.3) is 5.91 Å². The third-order valence-corrected chi connectivity index (χ3v) is 2.92. The minimum absolute atomic E-state index is 0.182. The van der Waals surface area contributed by atoms with E-state index in [0.717, 1.165) is 0 Å². The van der Waals surface area contributed by atoms with Crippen LogP contribution in [0.4, 0.5) is 0 Å². The van der Waals surface area contributed by atoms with Crippen LogP contribution in [0.1, 0.15) is 16.3 Å². The molecule has 1 amide bonds. The smallest absolute Gasteiger partial charge is 0.289 e. The van der Waals surface area contributed by atoms with Gasteiger partial charge in [-0.15, -0.1) is 0 Å². The van der Waals surface area contributed by atoms with Crippen molar-refractivity contribution < 1.29 is 14.3 Å². The van der Waals surface area contributed by atoms with E-state index in [1.54, 1.807) is 26.1 Å². The molecule has 88 valence electrons. The fraction of sp³-hybridized carbons (Fsp3) is 0.545. The maximum Gasteiger partial charge on any atom is 0.289 e. The molecule has 0 radical (unpaired) electrons. The van der Waals surface area contributed by atoms with Gasteiger partial charge in [-0.25, -0.2) is 0 Å². The van der Waals surface area contributed by atoms with Crippen LogP contribution in [0.3, 0.4) is 0 Å².